The van der Waals surface area contributed by atoms with E-state index in [1.165, 1.54) is 15.7 Å². The second-order valence-electron chi connectivity index (χ2n) is 4.78. The highest BCUT2D eigenvalue weighted by Crippen LogP contribution is 2.21. The van der Waals surface area contributed by atoms with Crippen LogP contribution in [-0.4, -0.2) is 21.8 Å². The number of unbranched alkanes of at least 4 members (excludes halogenated alkanes) is 1. The molecule has 3 heterocycles. The van der Waals surface area contributed by atoms with Gasteiger partial charge < -0.3 is 5.32 Å². The van der Waals surface area contributed by atoms with Gasteiger partial charge in [0.1, 0.15) is 10.5 Å². The molecular formula is C15H15N3O2S. The van der Waals surface area contributed by atoms with Crippen LogP contribution < -0.4 is 10.9 Å². The van der Waals surface area contributed by atoms with Crippen LogP contribution in [0.1, 0.15) is 29.4 Å². The monoisotopic (exact) mass is 301 g/mol. The van der Waals surface area contributed by atoms with Crippen molar-refractivity contribution < 1.29 is 4.79 Å². The molecule has 0 unspecified atom stereocenters. The molecule has 0 saturated carbocycles. The van der Waals surface area contributed by atoms with Gasteiger partial charge in [0.15, 0.2) is 0 Å². The Bertz CT molecular complexity index is 866. The maximum absolute atomic E-state index is 12.4. The zero-order valence-corrected chi connectivity index (χ0v) is 12.4. The standard InChI is InChI=1S/C15H15N3O2S/c1-2-3-7-16-13(19)11-9-10-14(21-11)17-12-6-4-5-8-18(12)15(10)20/h4-6,8-9H,2-3,7H2,1H3,(H,16,19). The number of carbonyl (C=O) groups is 1. The molecule has 0 radical (unpaired) electrons. The first-order valence-corrected chi connectivity index (χ1v) is 7.71. The molecule has 6 heteroatoms. The number of pyridine rings is 1. The van der Waals surface area contributed by atoms with Gasteiger partial charge in [0, 0.05) is 12.7 Å². The number of nitrogens with one attached hydrogen (secondary N) is 1. The smallest absolute Gasteiger partial charge is 0.266 e. The van der Waals surface area contributed by atoms with Crippen molar-refractivity contribution in [1.82, 2.24) is 14.7 Å². The summed E-state index contributed by atoms with van der Waals surface area (Å²) in [6.07, 6.45) is 3.66. The van der Waals surface area contributed by atoms with Crippen LogP contribution in [0.25, 0.3) is 15.9 Å². The molecule has 21 heavy (non-hydrogen) atoms. The summed E-state index contributed by atoms with van der Waals surface area (Å²) in [5.74, 6) is -0.139. The second-order valence-corrected chi connectivity index (χ2v) is 5.82. The van der Waals surface area contributed by atoms with Crippen LogP contribution >= 0.6 is 11.3 Å². The molecule has 1 N–H and O–H groups in total. The lowest BCUT2D eigenvalue weighted by atomic mass is 10.3. The first-order valence-electron chi connectivity index (χ1n) is 6.90. The number of nitrogens with zero attached hydrogens (tertiary/aromatic N) is 2. The molecule has 0 aromatic carbocycles. The first-order chi connectivity index (χ1) is 10.2. The van der Waals surface area contributed by atoms with Crippen LogP contribution in [0.4, 0.5) is 0 Å². The van der Waals surface area contributed by atoms with E-state index in [0.717, 1.165) is 12.8 Å². The third-order valence-corrected chi connectivity index (χ3v) is 4.28. The summed E-state index contributed by atoms with van der Waals surface area (Å²) < 4.78 is 1.49. The highest BCUT2D eigenvalue weighted by Gasteiger charge is 2.14. The third kappa shape index (κ3) is 2.54. The van der Waals surface area contributed by atoms with Crippen molar-refractivity contribution in [2.24, 2.45) is 0 Å². The fourth-order valence-electron chi connectivity index (χ4n) is 2.13. The lowest BCUT2D eigenvalue weighted by Crippen LogP contribution is -2.23. The third-order valence-electron chi connectivity index (χ3n) is 3.26. The number of fused-ring (bicyclic) bond motifs is 2. The van der Waals surface area contributed by atoms with E-state index in [4.69, 9.17) is 0 Å². The molecule has 3 aromatic rings. The average Bonchev–Trinajstić information content (AvgIpc) is 2.92. The van der Waals surface area contributed by atoms with E-state index < -0.39 is 0 Å². The van der Waals surface area contributed by atoms with Crippen LogP contribution in [0.2, 0.25) is 0 Å². The summed E-state index contributed by atoms with van der Waals surface area (Å²) in [7, 11) is 0. The summed E-state index contributed by atoms with van der Waals surface area (Å²) >= 11 is 1.26. The zero-order chi connectivity index (χ0) is 14.8. The lowest BCUT2D eigenvalue weighted by Gasteiger charge is -2.00. The molecule has 108 valence electrons. The van der Waals surface area contributed by atoms with Gasteiger partial charge in [-0.1, -0.05) is 19.4 Å². The van der Waals surface area contributed by atoms with Crippen molar-refractivity contribution in [2.75, 3.05) is 6.54 Å². The van der Waals surface area contributed by atoms with Gasteiger partial charge in [-0.25, -0.2) is 4.98 Å². The van der Waals surface area contributed by atoms with Crippen molar-refractivity contribution in [1.29, 1.82) is 0 Å². The molecule has 0 spiro atoms. The molecule has 3 aromatic heterocycles. The molecule has 1 amide bonds. The van der Waals surface area contributed by atoms with Gasteiger partial charge >= 0.3 is 0 Å². The Labute approximate surface area is 125 Å². The molecule has 0 aliphatic rings. The normalized spacial score (nSPS) is 11.1. The summed E-state index contributed by atoms with van der Waals surface area (Å²) in [6, 6.07) is 7.03. The van der Waals surface area contributed by atoms with Crippen LogP contribution in [-0.2, 0) is 0 Å². The first kappa shape index (κ1) is 13.8. The zero-order valence-electron chi connectivity index (χ0n) is 11.6. The number of hydrogen-bond acceptors (Lipinski definition) is 4. The fraction of sp³-hybridized carbons (Fsp3) is 0.267. The number of hydrogen-bond donors (Lipinski definition) is 1. The fourth-order valence-corrected chi connectivity index (χ4v) is 3.07. The predicted octanol–water partition coefficient (Wildman–Crippen LogP) is 2.44. The van der Waals surface area contributed by atoms with E-state index in [2.05, 4.69) is 17.2 Å². The van der Waals surface area contributed by atoms with E-state index in [-0.39, 0.29) is 11.5 Å². The van der Waals surface area contributed by atoms with Gasteiger partial charge in [0.2, 0.25) is 0 Å². The minimum Gasteiger partial charge on any atom is -0.351 e. The topological polar surface area (TPSA) is 63.5 Å². The quantitative estimate of drug-likeness (QED) is 0.753. The predicted molar refractivity (Wildman–Crippen MR) is 84.1 cm³/mol. The Kier molecular flexibility index (Phi) is 3.70. The molecular weight excluding hydrogens is 286 g/mol. The van der Waals surface area contributed by atoms with Crippen molar-refractivity contribution in [2.45, 2.75) is 19.8 Å². The van der Waals surface area contributed by atoms with E-state index in [9.17, 15) is 9.59 Å². The van der Waals surface area contributed by atoms with Crippen molar-refractivity contribution >= 4 is 33.1 Å². The molecule has 0 saturated heterocycles. The van der Waals surface area contributed by atoms with Crippen LogP contribution in [0.3, 0.4) is 0 Å². The van der Waals surface area contributed by atoms with Gasteiger partial charge in [0.05, 0.1) is 10.3 Å². The van der Waals surface area contributed by atoms with E-state index in [1.807, 2.05) is 6.07 Å². The molecule has 0 aliphatic heterocycles. The summed E-state index contributed by atoms with van der Waals surface area (Å²) in [5, 5.41) is 3.35. The maximum atomic E-state index is 12.4. The van der Waals surface area contributed by atoms with Crippen molar-refractivity contribution in [3.63, 3.8) is 0 Å². The number of amides is 1. The molecule has 0 aliphatic carbocycles. The van der Waals surface area contributed by atoms with E-state index in [1.54, 1.807) is 24.4 Å². The minimum absolute atomic E-state index is 0.139. The van der Waals surface area contributed by atoms with Crippen LogP contribution in [0, 0.1) is 0 Å². The SMILES string of the molecule is CCCCNC(=O)c1cc2c(=O)n3ccccc3nc2s1. The summed E-state index contributed by atoms with van der Waals surface area (Å²) in [6.45, 7) is 2.72. The van der Waals surface area contributed by atoms with Gasteiger partial charge in [-0.3, -0.25) is 14.0 Å². The van der Waals surface area contributed by atoms with Crippen molar-refractivity contribution in [3.05, 3.63) is 45.7 Å². The minimum atomic E-state index is -0.139. The largest absolute Gasteiger partial charge is 0.351 e. The van der Waals surface area contributed by atoms with Crippen molar-refractivity contribution in [3.8, 4) is 0 Å². The molecule has 0 atom stereocenters. The number of thiophene rings is 1. The lowest BCUT2D eigenvalue weighted by molar-refractivity contribution is 0.0957. The highest BCUT2D eigenvalue weighted by atomic mass is 32.1. The van der Waals surface area contributed by atoms with E-state index >= 15 is 0 Å². The summed E-state index contributed by atoms with van der Waals surface area (Å²) in [5.41, 5.74) is 0.453. The number of aromatic nitrogens is 2. The Morgan fingerprint density at radius 3 is 3.10 bits per heavy atom. The summed E-state index contributed by atoms with van der Waals surface area (Å²) in [4.78, 5) is 30.0. The van der Waals surface area contributed by atoms with Crippen LogP contribution in [0.5, 0.6) is 0 Å². The highest BCUT2D eigenvalue weighted by molar-refractivity contribution is 7.20. The van der Waals surface area contributed by atoms with Crippen LogP contribution in [0.15, 0.2) is 35.3 Å². The van der Waals surface area contributed by atoms with Gasteiger partial charge in [-0.15, -0.1) is 11.3 Å². The Balaban J connectivity index is 2.04. The van der Waals surface area contributed by atoms with Gasteiger partial charge in [-0.05, 0) is 24.6 Å². The maximum Gasteiger partial charge on any atom is 0.266 e. The average molecular weight is 301 g/mol. The molecule has 0 fully saturated rings. The van der Waals surface area contributed by atoms with Gasteiger partial charge in [-0.2, -0.15) is 0 Å². The van der Waals surface area contributed by atoms with E-state index in [0.29, 0.717) is 27.3 Å². The number of carbonyl (C=O) groups excluding carboxylic acids is 1. The molecule has 0 bridgehead atoms. The molecule has 5 nitrogen and oxygen atoms in total. The molecule has 3 rings (SSSR count). The Morgan fingerprint density at radius 2 is 2.29 bits per heavy atom. The Morgan fingerprint density at radius 1 is 1.43 bits per heavy atom. The second kappa shape index (κ2) is 5.65. The number of rotatable bonds is 4. The Hall–Kier alpha value is -2.21. The van der Waals surface area contributed by atoms with Gasteiger partial charge in [0.25, 0.3) is 11.5 Å².